The van der Waals surface area contributed by atoms with E-state index in [1.54, 1.807) is 6.07 Å². The second-order valence-corrected chi connectivity index (χ2v) is 5.78. The molecule has 0 aliphatic heterocycles. The summed E-state index contributed by atoms with van der Waals surface area (Å²) >= 11 is 0. The quantitative estimate of drug-likeness (QED) is 0.593. The molecule has 0 radical (unpaired) electrons. The number of esters is 1. The maximum atomic E-state index is 12.0. The van der Waals surface area contributed by atoms with Gasteiger partial charge in [0, 0.05) is 6.61 Å². The fourth-order valence-corrected chi connectivity index (χ4v) is 1.75. The van der Waals surface area contributed by atoms with E-state index in [9.17, 15) is 4.79 Å². The third-order valence-corrected chi connectivity index (χ3v) is 2.66. The molecule has 0 amide bonds. The SMILES string of the molecule is CC(C)(C)OC(=O)c1cccc(CCNCCCO)c1. The predicted octanol–water partition coefficient (Wildman–Crippen LogP) is 2.16. The Kier molecular flexibility index (Phi) is 6.68. The molecule has 0 spiro atoms. The third kappa shape index (κ3) is 6.68. The van der Waals surface area contributed by atoms with Crippen LogP contribution in [0.15, 0.2) is 24.3 Å². The summed E-state index contributed by atoms with van der Waals surface area (Å²) < 4.78 is 5.35. The lowest BCUT2D eigenvalue weighted by Crippen LogP contribution is -2.24. The second kappa shape index (κ2) is 8.02. The zero-order valence-electron chi connectivity index (χ0n) is 12.6. The summed E-state index contributed by atoms with van der Waals surface area (Å²) in [6, 6.07) is 7.53. The third-order valence-electron chi connectivity index (χ3n) is 2.66. The van der Waals surface area contributed by atoms with Gasteiger partial charge in [-0.15, -0.1) is 0 Å². The van der Waals surface area contributed by atoms with Gasteiger partial charge in [0.25, 0.3) is 0 Å². The summed E-state index contributed by atoms with van der Waals surface area (Å²) in [5.74, 6) is -0.285. The minimum absolute atomic E-state index is 0.209. The number of carbonyl (C=O) groups is 1. The van der Waals surface area contributed by atoms with Crippen molar-refractivity contribution in [1.29, 1.82) is 0 Å². The van der Waals surface area contributed by atoms with Crippen LogP contribution in [0.25, 0.3) is 0 Å². The van der Waals surface area contributed by atoms with Gasteiger partial charge in [-0.25, -0.2) is 4.79 Å². The largest absolute Gasteiger partial charge is 0.456 e. The van der Waals surface area contributed by atoms with E-state index in [1.165, 1.54) is 0 Å². The Morgan fingerprint density at radius 2 is 2.05 bits per heavy atom. The van der Waals surface area contributed by atoms with E-state index in [4.69, 9.17) is 9.84 Å². The summed E-state index contributed by atoms with van der Waals surface area (Å²) in [5, 5.41) is 11.9. The highest BCUT2D eigenvalue weighted by Crippen LogP contribution is 2.13. The summed E-state index contributed by atoms with van der Waals surface area (Å²) in [7, 11) is 0. The van der Waals surface area contributed by atoms with Crippen molar-refractivity contribution in [1.82, 2.24) is 5.32 Å². The number of hydrogen-bond donors (Lipinski definition) is 2. The van der Waals surface area contributed by atoms with Crippen LogP contribution in [0.4, 0.5) is 0 Å². The Labute approximate surface area is 121 Å². The monoisotopic (exact) mass is 279 g/mol. The van der Waals surface area contributed by atoms with Crippen molar-refractivity contribution in [3.8, 4) is 0 Å². The molecular formula is C16H25NO3. The van der Waals surface area contributed by atoms with Gasteiger partial charge in [0.15, 0.2) is 0 Å². The van der Waals surface area contributed by atoms with Crippen molar-refractivity contribution in [2.24, 2.45) is 0 Å². The maximum absolute atomic E-state index is 12.0. The molecule has 4 nitrogen and oxygen atoms in total. The molecule has 1 aromatic rings. The molecule has 2 N–H and O–H groups in total. The average molecular weight is 279 g/mol. The fraction of sp³-hybridized carbons (Fsp3) is 0.562. The van der Waals surface area contributed by atoms with E-state index in [0.717, 1.165) is 31.5 Å². The van der Waals surface area contributed by atoms with E-state index in [2.05, 4.69) is 5.32 Å². The van der Waals surface area contributed by atoms with Crippen LogP contribution in [-0.2, 0) is 11.2 Å². The van der Waals surface area contributed by atoms with Gasteiger partial charge in [-0.3, -0.25) is 0 Å². The lowest BCUT2D eigenvalue weighted by molar-refractivity contribution is 0.00694. The van der Waals surface area contributed by atoms with Crippen molar-refractivity contribution in [3.63, 3.8) is 0 Å². The Balaban J connectivity index is 2.51. The number of benzene rings is 1. The van der Waals surface area contributed by atoms with Gasteiger partial charge in [0.2, 0.25) is 0 Å². The molecule has 0 saturated heterocycles. The van der Waals surface area contributed by atoms with E-state index in [1.807, 2.05) is 39.0 Å². The average Bonchev–Trinajstić information content (AvgIpc) is 2.37. The van der Waals surface area contributed by atoms with Crippen molar-refractivity contribution >= 4 is 5.97 Å². The molecule has 0 unspecified atom stereocenters. The van der Waals surface area contributed by atoms with Crippen LogP contribution in [-0.4, -0.2) is 36.4 Å². The Bertz CT molecular complexity index is 424. The van der Waals surface area contributed by atoms with Crippen LogP contribution in [0, 0.1) is 0 Å². The summed E-state index contributed by atoms with van der Waals surface area (Å²) in [6.45, 7) is 7.43. The molecular weight excluding hydrogens is 254 g/mol. The summed E-state index contributed by atoms with van der Waals surface area (Å²) in [4.78, 5) is 12.0. The molecule has 0 aliphatic carbocycles. The lowest BCUT2D eigenvalue weighted by atomic mass is 10.1. The minimum atomic E-state index is -0.473. The summed E-state index contributed by atoms with van der Waals surface area (Å²) in [6.07, 6.45) is 1.61. The van der Waals surface area contributed by atoms with E-state index < -0.39 is 5.60 Å². The molecule has 0 aliphatic rings. The Morgan fingerprint density at radius 3 is 2.70 bits per heavy atom. The Morgan fingerprint density at radius 1 is 1.30 bits per heavy atom. The van der Waals surface area contributed by atoms with Crippen molar-refractivity contribution in [2.75, 3.05) is 19.7 Å². The standard InChI is InChI=1S/C16H25NO3/c1-16(2,3)20-15(19)14-7-4-6-13(12-14)8-10-17-9-5-11-18/h4,6-7,12,17-18H,5,8-11H2,1-3H3. The first-order valence-electron chi connectivity index (χ1n) is 7.06. The molecule has 0 aromatic heterocycles. The predicted molar refractivity (Wildman–Crippen MR) is 79.9 cm³/mol. The van der Waals surface area contributed by atoms with Crippen molar-refractivity contribution in [3.05, 3.63) is 35.4 Å². The number of rotatable bonds is 7. The highest BCUT2D eigenvalue weighted by Gasteiger charge is 2.17. The molecule has 4 heteroatoms. The smallest absolute Gasteiger partial charge is 0.338 e. The first-order chi connectivity index (χ1) is 9.42. The van der Waals surface area contributed by atoms with Crippen LogP contribution < -0.4 is 5.32 Å². The van der Waals surface area contributed by atoms with Gasteiger partial charge in [-0.1, -0.05) is 12.1 Å². The highest BCUT2D eigenvalue weighted by molar-refractivity contribution is 5.89. The fourth-order valence-electron chi connectivity index (χ4n) is 1.75. The zero-order chi connectivity index (χ0) is 15.0. The van der Waals surface area contributed by atoms with Gasteiger partial charge >= 0.3 is 5.97 Å². The maximum Gasteiger partial charge on any atom is 0.338 e. The number of carbonyl (C=O) groups excluding carboxylic acids is 1. The molecule has 1 aromatic carbocycles. The van der Waals surface area contributed by atoms with Crippen molar-refractivity contribution in [2.45, 2.75) is 39.2 Å². The number of nitrogens with one attached hydrogen (secondary N) is 1. The van der Waals surface area contributed by atoms with E-state index in [0.29, 0.717) is 5.56 Å². The molecule has 0 atom stereocenters. The molecule has 0 saturated carbocycles. The topological polar surface area (TPSA) is 58.6 Å². The van der Waals surface area contributed by atoms with Crippen LogP contribution >= 0.6 is 0 Å². The number of aliphatic hydroxyl groups is 1. The zero-order valence-corrected chi connectivity index (χ0v) is 12.6. The normalized spacial score (nSPS) is 11.4. The molecule has 1 rings (SSSR count). The number of aliphatic hydroxyl groups excluding tert-OH is 1. The second-order valence-electron chi connectivity index (χ2n) is 5.78. The summed E-state index contributed by atoms with van der Waals surface area (Å²) in [5.41, 5.74) is 1.22. The lowest BCUT2D eigenvalue weighted by Gasteiger charge is -2.19. The van der Waals surface area contributed by atoms with Crippen LogP contribution in [0.5, 0.6) is 0 Å². The van der Waals surface area contributed by atoms with Gasteiger partial charge in [-0.05, 0) is 64.4 Å². The van der Waals surface area contributed by atoms with Crippen molar-refractivity contribution < 1.29 is 14.6 Å². The van der Waals surface area contributed by atoms with Gasteiger partial charge < -0.3 is 15.2 Å². The van der Waals surface area contributed by atoms with Crippen LogP contribution in [0.1, 0.15) is 43.1 Å². The molecule has 0 bridgehead atoms. The first-order valence-corrected chi connectivity index (χ1v) is 7.06. The Hall–Kier alpha value is -1.39. The van der Waals surface area contributed by atoms with Gasteiger partial charge in [0.1, 0.15) is 5.60 Å². The number of ether oxygens (including phenoxy) is 1. The molecule has 112 valence electrons. The number of hydrogen-bond acceptors (Lipinski definition) is 4. The van der Waals surface area contributed by atoms with Gasteiger partial charge in [0.05, 0.1) is 5.56 Å². The van der Waals surface area contributed by atoms with Crippen LogP contribution in [0.2, 0.25) is 0 Å². The minimum Gasteiger partial charge on any atom is -0.456 e. The first kappa shape index (κ1) is 16.7. The van der Waals surface area contributed by atoms with Gasteiger partial charge in [-0.2, -0.15) is 0 Å². The van der Waals surface area contributed by atoms with Crippen LogP contribution in [0.3, 0.4) is 0 Å². The molecule has 0 fully saturated rings. The molecule has 20 heavy (non-hydrogen) atoms. The highest BCUT2D eigenvalue weighted by atomic mass is 16.6. The van der Waals surface area contributed by atoms with E-state index in [-0.39, 0.29) is 12.6 Å². The van der Waals surface area contributed by atoms with E-state index >= 15 is 0 Å². The molecule has 0 heterocycles.